The van der Waals surface area contributed by atoms with Crippen LogP contribution in [-0.2, 0) is 30.1 Å². The van der Waals surface area contributed by atoms with Crippen LogP contribution in [0.1, 0.15) is 21.5 Å². The number of hydrogen-bond acceptors (Lipinski definition) is 5. The van der Waals surface area contributed by atoms with Crippen molar-refractivity contribution in [1.29, 1.82) is 0 Å². The fourth-order valence-electron chi connectivity index (χ4n) is 3.04. The number of nitrogens with zero attached hydrogens (tertiary/aromatic N) is 3. The lowest BCUT2D eigenvalue weighted by Crippen LogP contribution is -2.34. The van der Waals surface area contributed by atoms with Gasteiger partial charge >= 0.3 is 10.1 Å². The highest BCUT2D eigenvalue weighted by Gasteiger charge is 2.21. The number of hydrogen-bond donors (Lipinski definition) is 2. The van der Waals surface area contributed by atoms with Gasteiger partial charge in [-0.25, -0.2) is 0 Å². The lowest BCUT2D eigenvalue weighted by Gasteiger charge is -2.25. The summed E-state index contributed by atoms with van der Waals surface area (Å²) in [7, 11) is -0.703. The van der Waals surface area contributed by atoms with E-state index in [0.717, 1.165) is 40.4 Å². The van der Waals surface area contributed by atoms with Crippen LogP contribution in [0.2, 0.25) is 5.02 Å². The van der Waals surface area contributed by atoms with Gasteiger partial charge < -0.3 is 10.2 Å². The molecule has 10 heteroatoms. The summed E-state index contributed by atoms with van der Waals surface area (Å²) in [5, 5.41) is 7.23. The van der Waals surface area contributed by atoms with Gasteiger partial charge in [-0.3, -0.25) is 14.0 Å². The van der Waals surface area contributed by atoms with E-state index < -0.39 is 10.1 Å². The van der Waals surface area contributed by atoms with Crippen LogP contribution in [0.5, 0.6) is 0 Å². The molecule has 1 aromatic heterocycles. The molecule has 2 N–H and O–H groups in total. The maximum Gasteiger partial charge on any atom is 0.313 e. The molecular weight excluding hydrogens is 440 g/mol. The van der Waals surface area contributed by atoms with Crippen LogP contribution in [0.3, 0.4) is 0 Å². The largest absolute Gasteiger partial charge is 0.381 e. The van der Waals surface area contributed by atoms with Gasteiger partial charge in [-0.05, 0) is 47.9 Å². The van der Waals surface area contributed by atoms with Crippen LogP contribution in [0.15, 0.2) is 59.8 Å². The molecule has 0 radical (unpaired) electrons. The van der Waals surface area contributed by atoms with Crippen LogP contribution in [-0.4, -0.2) is 47.2 Å². The number of benzene rings is 2. The maximum absolute atomic E-state index is 12.2. The number of amides is 1. The molecule has 0 bridgehead atoms. The first kappa shape index (κ1) is 22.8. The van der Waals surface area contributed by atoms with E-state index in [0.29, 0.717) is 6.54 Å². The summed E-state index contributed by atoms with van der Waals surface area (Å²) in [5.41, 5.74) is 4.06. The summed E-state index contributed by atoms with van der Waals surface area (Å²) in [4.78, 5) is 13.9. The zero-order chi connectivity index (χ0) is 22.6. The maximum atomic E-state index is 12.2. The van der Waals surface area contributed by atoms with Crippen molar-refractivity contribution in [2.45, 2.75) is 18.0 Å². The minimum absolute atomic E-state index is 0.103. The number of carbonyl (C=O) groups excluding carboxylic acids is 1. The van der Waals surface area contributed by atoms with Gasteiger partial charge in [-0.15, -0.1) is 0 Å². The minimum Gasteiger partial charge on any atom is -0.381 e. The van der Waals surface area contributed by atoms with E-state index in [1.54, 1.807) is 11.9 Å². The number of aromatic nitrogens is 2. The topological polar surface area (TPSA) is 105 Å². The molecule has 0 unspecified atom stereocenters. The molecular formula is C21H23ClN4O4S. The summed E-state index contributed by atoms with van der Waals surface area (Å²) in [6, 6.07) is 15.0. The van der Waals surface area contributed by atoms with Crippen LogP contribution < -0.4 is 5.32 Å². The van der Waals surface area contributed by atoms with Crippen molar-refractivity contribution >= 4 is 33.3 Å². The van der Waals surface area contributed by atoms with Crippen LogP contribution in [0.4, 0.5) is 5.69 Å². The van der Waals surface area contributed by atoms with Gasteiger partial charge in [0.1, 0.15) is 0 Å². The summed E-state index contributed by atoms with van der Waals surface area (Å²) in [6.07, 6.45) is 2.36. The predicted molar refractivity (Wildman–Crippen MR) is 119 cm³/mol. The Labute approximate surface area is 186 Å². The van der Waals surface area contributed by atoms with Gasteiger partial charge in [0.15, 0.2) is 0 Å². The number of halogens is 1. The van der Waals surface area contributed by atoms with Crippen molar-refractivity contribution in [2.24, 2.45) is 7.05 Å². The lowest BCUT2D eigenvalue weighted by molar-refractivity contribution is 0.0781. The molecule has 0 saturated carbocycles. The average Bonchev–Trinajstić information content (AvgIpc) is 3.18. The Morgan fingerprint density at radius 3 is 2.42 bits per heavy atom. The summed E-state index contributed by atoms with van der Waals surface area (Å²) >= 11 is 5.88. The van der Waals surface area contributed by atoms with E-state index in [-0.39, 0.29) is 10.9 Å². The molecule has 2 aromatic carbocycles. The Morgan fingerprint density at radius 1 is 1.13 bits per heavy atom. The first-order chi connectivity index (χ1) is 14.6. The molecule has 1 aliphatic rings. The molecule has 0 spiro atoms. The van der Waals surface area contributed by atoms with Crippen molar-refractivity contribution in [3.05, 3.63) is 76.4 Å². The highest BCUT2D eigenvalue weighted by Crippen LogP contribution is 2.22. The number of anilines is 1. The third-order valence-electron chi connectivity index (χ3n) is 4.77. The molecule has 0 atom stereocenters. The van der Waals surface area contributed by atoms with E-state index in [4.69, 9.17) is 16.2 Å². The molecule has 31 heavy (non-hydrogen) atoms. The predicted octanol–water partition coefficient (Wildman–Crippen LogP) is 3.25. The van der Waals surface area contributed by atoms with Gasteiger partial charge in [0, 0.05) is 49.7 Å². The lowest BCUT2D eigenvalue weighted by atomic mass is 9.98. The van der Waals surface area contributed by atoms with Crippen LogP contribution in [0.25, 0.3) is 0 Å². The second-order valence-corrected chi connectivity index (χ2v) is 8.94. The molecule has 2 heterocycles. The van der Waals surface area contributed by atoms with Gasteiger partial charge in [-0.2, -0.15) is 13.5 Å². The molecule has 0 saturated heterocycles. The van der Waals surface area contributed by atoms with Gasteiger partial charge in [0.25, 0.3) is 5.91 Å². The Morgan fingerprint density at radius 2 is 1.84 bits per heavy atom. The summed E-state index contributed by atoms with van der Waals surface area (Å²) in [6.45, 7) is 1.50. The molecule has 4 rings (SSSR count). The third-order valence-corrected chi connectivity index (χ3v) is 5.77. The van der Waals surface area contributed by atoms with E-state index in [2.05, 4.69) is 10.4 Å². The van der Waals surface area contributed by atoms with E-state index in [1.807, 2.05) is 49.5 Å². The third kappa shape index (κ3) is 6.06. The Hall–Kier alpha value is -2.88. The molecule has 164 valence electrons. The van der Waals surface area contributed by atoms with Crippen molar-refractivity contribution in [3.63, 3.8) is 0 Å². The first-order valence-corrected chi connectivity index (χ1v) is 11.3. The number of carbonyl (C=O) groups is 1. The Bertz CT molecular complexity index is 1180. The summed E-state index contributed by atoms with van der Waals surface area (Å²) < 4.78 is 30.3. The molecule has 1 aliphatic heterocycles. The Balaban J connectivity index is 0.000000229. The Kier molecular flexibility index (Phi) is 6.99. The number of fused-ring (bicyclic) bond motifs is 1. The normalized spacial score (nSPS) is 13.3. The zero-order valence-corrected chi connectivity index (χ0v) is 18.7. The van der Waals surface area contributed by atoms with E-state index in [1.165, 1.54) is 16.9 Å². The number of rotatable bonds is 4. The molecule has 3 aromatic rings. The van der Waals surface area contributed by atoms with Gasteiger partial charge in [0.2, 0.25) is 5.03 Å². The molecule has 0 fully saturated rings. The van der Waals surface area contributed by atoms with Crippen molar-refractivity contribution in [3.8, 4) is 0 Å². The SMILES string of the molecule is CN1CCc2ccc(NCc3ccc(Cl)cc3)cc2C1=O.Cn1ccc(S(=O)(=O)O)n1. The second kappa shape index (κ2) is 9.51. The number of likely N-dealkylation sites (N-methyl/N-ethyl adjacent to an activating group) is 1. The number of nitrogens with one attached hydrogen (secondary N) is 1. The van der Waals surface area contributed by atoms with Crippen LogP contribution in [0, 0.1) is 0 Å². The highest BCUT2D eigenvalue weighted by atomic mass is 35.5. The van der Waals surface area contributed by atoms with Crippen LogP contribution >= 0.6 is 11.6 Å². The molecule has 0 aliphatic carbocycles. The average molecular weight is 463 g/mol. The van der Waals surface area contributed by atoms with Crippen molar-refractivity contribution in [2.75, 3.05) is 18.9 Å². The van der Waals surface area contributed by atoms with Gasteiger partial charge in [-0.1, -0.05) is 29.8 Å². The van der Waals surface area contributed by atoms with Crippen molar-refractivity contribution in [1.82, 2.24) is 14.7 Å². The molecule has 1 amide bonds. The number of aryl methyl sites for hydroxylation is 1. The van der Waals surface area contributed by atoms with E-state index in [9.17, 15) is 13.2 Å². The van der Waals surface area contributed by atoms with Crippen molar-refractivity contribution < 1.29 is 17.8 Å². The van der Waals surface area contributed by atoms with Gasteiger partial charge in [0.05, 0.1) is 0 Å². The fourth-order valence-corrected chi connectivity index (χ4v) is 3.63. The fraction of sp³-hybridized carbons (Fsp3) is 0.238. The molecule has 8 nitrogen and oxygen atoms in total. The first-order valence-electron chi connectivity index (χ1n) is 9.47. The standard InChI is InChI=1S/C17H17ClN2O.C4H6N2O3S/c1-20-9-8-13-4-7-15(10-16(13)17(20)21)19-11-12-2-5-14(18)6-3-12;1-6-3-2-4(5-6)10(7,8)9/h2-7,10,19H,8-9,11H2,1H3;2-3H,1H3,(H,7,8,9). The van der Waals surface area contributed by atoms with E-state index >= 15 is 0 Å². The summed E-state index contributed by atoms with van der Waals surface area (Å²) in [5.74, 6) is 0.103. The highest BCUT2D eigenvalue weighted by molar-refractivity contribution is 7.85. The monoisotopic (exact) mass is 462 g/mol. The zero-order valence-electron chi connectivity index (χ0n) is 17.1. The quantitative estimate of drug-likeness (QED) is 0.577. The second-order valence-electron chi connectivity index (χ2n) is 7.13. The smallest absolute Gasteiger partial charge is 0.313 e. The minimum atomic E-state index is -4.11.